The van der Waals surface area contributed by atoms with Gasteiger partial charge >= 0.3 is 176 Å². The van der Waals surface area contributed by atoms with Gasteiger partial charge in [-0.15, -0.1) is 0 Å². The number of rotatable bonds is 4. The van der Waals surface area contributed by atoms with Crippen LogP contribution in [0.3, 0.4) is 0 Å². The third-order valence-electron chi connectivity index (χ3n) is 6.99. The fourth-order valence-corrected chi connectivity index (χ4v) is 15.4. The van der Waals surface area contributed by atoms with E-state index in [0.717, 1.165) is 12.8 Å². The summed E-state index contributed by atoms with van der Waals surface area (Å²) in [7, 11) is 0. The van der Waals surface area contributed by atoms with E-state index in [4.69, 9.17) is 0 Å². The number of hydrogen-bond donors (Lipinski definition) is 1. The molecule has 0 spiro atoms. The van der Waals surface area contributed by atoms with E-state index in [0.29, 0.717) is 11.8 Å². The Hall–Kier alpha value is -0.119. The fraction of sp³-hybridized carbons (Fsp3) is 0.783. The second-order valence-electron chi connectivity index (χ2n) is 9.23. The SMILES string of the molecule is CC1=C(C)C(C)[C]([Ti]([NH]C(=O)C2CCCCCCCCCC2)[SiH](C)C)=C1C. The van der Waals surface area contributed by atoms with Gasteiger partial charge in [0, 0.05) is 0 Å². The Labute approximate surface area is 175 Å². The molecular weight excluding hydrogens is 382 g/mol. The van der Waals surface area contributed by atoms with Gasteiger partial charge in [-0.05, 0) is 0 Å². The molecule has 2 aliphatic carbocycles. The first-order valence-electron chi connectivity index (χ1n) is 11.4. The molecule has 1 atom stereocenters. The molecule has 0 saturated heterocycles. The minimum absolute atomic E-state index is 0.270. The van der Waals surface area contributed by atoms with Crippen LogP contribution in [-0.2, 0) is 22.2 Å². The number of amides is 1. The van der Waals surface area contributed by atoms with Gasteiger partial charge in [-0.1, -0.05) is 0 Å². The fourth-order valence-electron chi connectivity index (χ4n) is 4.81. The zero-order valence-electron chi connectivity index (χ0n) is 18.7. The molecule has 153 valence electrons. The van der Waals surface area contributed by atoms with Gasteiger partial charge in [0.15, 0.2) is 0 Å². The molecule has 2 nitrogen and oxygen atoms in total. The Balaban J connectivity index is 2.09. The van der Waals surface area contributed by atoms with E-state index in [9.17, 15) is 4.79 Å². The minimum atomic E-state index is -1.69. The summed E-state index contributed by atoms with van der Waals surface area (Å²) >= 11 is -1.69. The summed E-state index contributed by atoms with van der Waals surface area (Å²) < 4.78 is 5.41. The van der Waals surface area contributed by atoms with Crippen molar-refractivity contribution < 1.29 is 22.2 Å². The van der Waals surface area contributed by atoms with Crippen molar-refractivity contribution in [1.29, 1.82) is 0 Å². The average Bonchev–Trinajstić information content (AvgIpc) is 2.82. The maximum atomic E-state index is 13.3. The van der Waals surface area contributed by atoms with Gasteiger partial charge in [0.05, 0.1) is 0 Å². The van der Waals surface area contributed by atoms with Crippen LogP contribution in [0.2, 0.25) is 13.1 Å². The number of allylic oxidation sites excluding steroid dienone is 4. The van der Waals surface area contributed by atoms with Gasteiger partial charge in [0.25, 0.3) is 0 Å². The van der Waals surface area contributed by atoms with E-state index in [-0.39, 0.29) is 5.92 Å². The first-order valence-corrected chi connectivity index (χ1v) is 18.6. The third kappa shape index (κ3) is 6.18. The van der Waals surface area contributed by atoms with E-state index >= 15 is 0 Å². The maximum absolute atomic E-state index is 13.3. The Morgan fingerprint density at radius 3 is 1.78 bits per heavy atom. The number of carbonyl (C=O) groups excluding carboxylic acids is 1. The van der Waals surface area contributed by atoms with E-state index < -0.39 is 24.0 Å². The molecule has 0 aromatic heterocycles. The number of hydrogen-bond acceptors (Lipinski definition) is 1. The molecule has 4 heteroatoms. The summed E-state index contributed by atoms with van der Waals surface area (Å²) in [6, 6.07) is 0. The summed E-state index contributed by atoms with van der Waals surface area (Å²) in [6.07, 6.45) is 12.8. The van der Waals surface area contributed by atoms with Crippen LogP contribution < -0.4 is 3.80 Å². The van der Waals surface area contributed by atoms with Gasteiger partial charge in [0.2, 0.25) is 0 Å². The van der Waals surface area contributed by atoms with Gasteiger partial charge in [-0.2, -0.15) is 0 Å². The molecule has 0 radical (unpaired) electrons. The van der Waals surface area contributed by atoms with Crippen molar-refractivity contribution in [3.8, 4) is 0 Å². The van der Waals surface area contributed by atoms with Crippen molar-refractivity contribution in [3.05, 3.63) is 20.6 Å². The van der Waals surface area contributed by atoms with Crippen LogP contribution in [0.25, 0.3) is 0 Å². The molecule has 2 aliphatic rings. The van der Waals surface area contributed by atoms with Gasteiger partial charge in [0.1, 0.15) is 0 Å². The predicted octanol–water partition coefficient (Wildman–Crippen LogP) is 6.41. The monoisotopic (exact) mass is 424 g/mol. The standard InChI is InChI=1S/C12H23NO.C9H13.C2H7Si.Ti/c13-12(14)11-9-7-5-3-1-2-4-6-8-10-11;1-6-5-7(2)9(4)8(6)3;1-3-2;/h11H,1-10H2,(H2,13,14);6H,1-4H3;3H,1-2H3;/q;;;+1/p-1. The first kappa shape index (κ1) is 23.2. The van der Waals surface area contributed by atoms with Crippen molar-refractivity contribution in [3.63, 3.8) is 0 Å². The van der Waals surface area contributed by atoms with Gasteiger partial charge in [-0.25, -0.2) is 0 Å². The Bertz CT molecular complexity index is 569. The topological polar surface area (TPSA) is 29.1 Å². The van der Waals surface area contributed by atoms with Crippen LogP contribution in [-0.4, -0.2) is 12.6 Å². The Morgan fingerprint density at radius 2 is 1.37 bits per heavy atom. The molecule has 0 aromatic carbocycles. The predicted molar refractivity (Wildman–Crippen MR) is 117 cm³/mol. The summed E-state index contributed by atoms with van der Waals surface area (Å²) in [5, 5.41) is 0. The second kappa shape index (κ2) is 11.2. The molecule has 0 aliphatic heterocycles. The van der Waals surface area contributed by atoms with Crippen LogP contribution in [0.5, 0.6) is 0 Å². The normalized spacial score (nSPS) is 23.6. The van der Waals surface area contributed by atoms with Crippen molar-refractivity contribution in [1.82, 2.24) is 3.80 Å². The van der Waals surface area contributed by atoms with Gasteiger partial charge in [-0.3, -0.25) is 0 Å². The molecule has 0 bridgehead atoms. The molecule has 1 N–H and O–H groups in total. The first-order chi connectivity index (χ1) is 12.8. The Kier molecular flexibility index (Phi) is 9.58. The number of nitrogens with one attached hydrogen (secondary N) is 1. The van der Waals surface area contributed by atoms with E-state index in [1.165, 1.54) is 68.1 Å². The summed E-state index contributed by atoms with van der Waals surface area (Å²) in [5.41, 5.74) is 4.53. The molecule has 1 amide bonds. The van der Waals surface area contributed by atoms with Crippen LogP contribution in [0.15, 0.2) is 20.6 Å². The van der Waals surface area contributed by atoms with Crippen LogP contribution in [0, 0.1) is 11.8 Å². The second-order valence-corrected chi connectivity index (χ2v) is 21.9. The zero-order chi connectivity index (χ0) is 20.0. The molecule has 0 aromatic rings. The summed E-state index contributed by atoms with van der Waals surface area (Å²) in [6.45, 7) is 13.3. The van der Waals surface area contributed by atoms with Crippen LogP contribution in [0.4, 0.5) is 0 Å². The van der Waals surface area contributed by atoms with Crippen LogP contribution in [0.1, 0.15) is 91.9 Å². The van der Waals surface area contributed by atoms with E-state index in [1.807, 2.05) is 0 Å². The molecule has 0 heterocycles. The molecular formula is C23H42NOSiTi. The molecule has 1 fully saturated rings. The molecule has 27 heavy (non-hydrogen) atoms. The molecule has 1 unspecified atom stereocenters. The van der Waals surface area contributed by atoms with Crippen molar-refractivity contribution in [2.75, 3.05) is 0 Å². The molecule has 1 saturated carbocycles. The summed E-state index contributed by atoms with van der Waals surface area (Å²) in [5.74, 6) is 1.24. The zero-order valence-corrected chi connectivity index (χ0v) is 21.4. The molecule has 2 rings (SSSR count). The van der Waals surface area contributed by atoms with Crippen molar-refractivity contribution in [2.24, 2.45) is 11.8 Å². The van der Waals surface area contributed by atoms with Crippen molar-refractivity contribution in [2.45, 2.75) is 105 Å². The van der Waals surface area contributed by atoms with E-state index in [2.05, 4.69) is 44.6 Å². The van der Waals surface area contributed by atoms with Crippen molar-refractivity contribution >= 4 is 12.6 Å². The Morgan fingerprint density at radius 1 is 0.889 bits per heavy atom. The third-order valence-corrected chi connectivity index (χ3v) is 18.4. The number of carbonyl (C=O) groups is 1. The quantitative estimate of drug-likeness (QED) is 0.519. The van der Waals surface area contributed by atoms with Gasteiger partial charge < -0.3 is 0 Å². The van der Waals surface area contributed by atoms with E-state index in [1.54, 1.807) is 3.88 Å². The van der Waals surface area contributed by atoms with Crippen LogP contribution >= 0.6 is 0 Å². The average molecular weight is 425 g/mol. The summed E-state index contributed by atoms with van der Waals surface area (Å²) in [4.78, 5) is 13.3.